The number of carbonyl (C=O) groups excluding carboxylic acids is 1. The van der Waals surface area contributed by atoms with Crippen LogP contribution in [-0.2, 0) is 4.79 Å². The minimum absolute atomic E-state index is 0.287. The van der Waals surface area contributed by atoms with Crippen LogP contribution in [0.1, 0.15) is 20.8 Å². The Bertz CT molecular complexity index is 136. The zero-order valence-corrected chi connectivity index (χ0v) is 8.74. The van der Waals surface area contributed by atoms with E-state index >= 15 is 0 Å². The van der Waals surface area contributed by atoms with Crippen molar-refractivity contribution in [2.24, 2.45) is 0 Å². The van der Waals surface area contributed by atoms with Gasteiger partial charge < -0.3 is 9.80 Å². The second-order valence-corrected chi connectivity index (χ2v) is 3.65. The molecule has 1 atom stereocenters. The highest BCUT2D eigenvalue weighted by molar-refractivity contribution is 5.46. The van der Waals surface area contributed by atoms with Gasteiger partial charge in [0.25, 0.3) is 0 Å². The predicted molar refractivity (Wildman–Crippen MR) is 51.1 cm³/mol. The number of amides is 1. The van der Waals surface area contributed by atoms with E-state index in [4.69, 9.17) is 0 Å². The van der Waals surface area contributed by atoms with Crippen LogP contribution in [0, 0.1) is 0 Å². The molecule has 0 heterocycles. The topological polar surface area (TPSA) is 23.6 Å². The highest BCUT2D eigenvalue weighted by atomic mass is 16.1. The molecule has 0 aliphatic carbocycles. The Labute approximate surface area is 75.3 Å². The molecule has 0 radical (unpaired) electrons. The summed E-state index contributed by atoms with van der Waals surface area (Å²) < 4.78 is 0. The van der Waals surface area contributed by atoms with Crippen LogP contribution in [0.2, 0.25) is 0 Å². The van der Waals surface area contributed by atoms with Crippen LogP contribution in [0.25, 0.3) is 0 Å². The van der Waals surface area contributed by atoms with E-state index < -0.39 is 0 Å². The van der Waals surface area contributed by atoms with Gasteiger partial charge in [-0.15, -0.1) is 0 Å². The molecule has 0 N–H and O–H groups in total. The van der Waals surface area contributed by atoms with Gasteiger partial charge in [-0.3, -0.25) is 4.79 Å². The molecule has 0 aliphatic rings. The van der Waals surface area contributed by atoms with Gasteiger partial charge in [-0.1, -0.05) is 0 Å². The quantitative estimate of drug-likeness (QED) is 0.573. The van der Waals surface area contributed by atoms with Crippen molar-refractivity contribution in [2.45, 2.75) is 32.9 Å². The lowest BCUT2D eigenvalue weighted by Crippen LogP contribution is -2.40. The van der Waals surface area contributed by atoms with Crippen LogP contribution in [0.3, 0.4) is 0 Å². The van der Waals surface area contributed by atoms with Gasteiger partial charge in [0, 0.05) is 25.7 Å². The number of carbonyl (C=O) groups is 1. The molecule has 72 valence electrons. The molecule has 0 saturated heterocycles. The maximum absolute atomic E-state index is 10.4. The van der Waals surface area contributed by atoms with Crippen LogP contribution < -0.4 is 0 Å². The summed E-state index contributed by atoms with van der Waals surface area (Å²) in [5.74, 6) is 0. The third-order valence-corrected chi connectivity index (χ3v) is 2.30. The van der Waals surface area contributed by atoms with E-state index in [0.29, 0.717) is 6.04 Å². The van der Waals surface area contributed by atoms with Gasteiger partial charge in [-0.05, 0) is 27.8 Å². The normalized spacial score (nSPS) is 13.6. The molecule has 0 saturated carbocycles. The van der Waals surface area contributed by atoms with Crippen molar-refractivity contribution < 1.29 is 4.79 Å². The fourth-order valence-electron chi connectivity index (χ4n) is 0.860. The van der Waals surface area contributed by atoms with Crippen LogP contribution >= 0.6 is 0 Å². The monoisotopic (exact) mass is 172 g/mol. The van der Waals surface area contributed by atoms with Crippen molar-refractivity contribution in [1.82, 2.24) is 9.80 Å². The Hall–Kier alpha value is -0.570. The zero-order valence-electron chi connectivity index (χ0n) is 8.74. The first kappa shape index (κ1) is 11.4. The Kier molecular flexibility index (Phi) is 4.90. The largest absolute Gasteiger partial charge is 0.344 e. The molecule has 0 bridgehead atoms. The molecular formula is C9H20N2O. The lowest BCUT2D eigenvalue weighted by atomic mass is 10.2. The number of hydrogen-bond donors (Lipinski definition) is 0. The van der Waals surface area contributed by atoms with Gasteiger partial charge in [-0.25, -0.2) is 0 Å². The molecule has 3 nitrogen and oxygen atoms in total. The Morgan fingerprint density at radius 2 is 1.75 bits per heavy atom. The minimum Gasteiger partial charge on any atom is -0.344 e. The Morgan fingerprint density at radius 1 is 1.25 bits per heavy atom. The zero-order chi connectivity index (χ0) is 9.72. The minimum atomic E-state index is 0.287. The summed E-state index contributed by atoms with van der Waals surface area (Å²) in [5.41, 5.74) is 0. The average Bonchev–Trinajstić information content (AvgIpc) is 2.02. The second-order valence-electron chi connectivity index (χ2n) is 3.65. The standard InChI is InChI=1S/C9H20N2O/c1-8(2)10(4)6-9(3)11(5)7-12/h7-9H,6H2,1-5H3. The maximum atomic E-state index is 10.4. The molecule has 0 fully saturated rings. The molecule has 1 unspecified atom stereocenters. The van der Waals surface area contributed by atoms with Crippen LogP contribution in [0.4, 0.5) is 0 Å². The third kappa shape index (κ3) is 3.72. The molecule has 0 rings (SSSR count). The number of nitrogens with zero attached hydrogens (tertiary/aromatic N) is 2. The number of rotatable bonds is 5. The van der Waals surface area contributed by atoms with Crippen molar-refractivity contribution in [3.05, 3.63) is 0 Å². The van der Waals surface area contributed by atoms with Crippen LogP contribution in [-0.4, -0.2) is 48.9 Å². The van der Waals surface area contributed by atoms with Crippen molar-refractivity contribution in [1.29, 1.82) is 0 Å². The van der Waals surface area contributed by atoms with Gasteiger partial charge in [-0.2, -0.15) is 0 Å². The summed E-state index contributed by atoms with van der Waals surface area (Å²) >= 11 is 0. The maximum Gasteiger partial charge on any atom is 0.209 e. The lowest BCUT2D eigenvalue weighted by molar-refractivity contribution is -0.118. The SMILES string of the molecule is CC(CN(C)C(C)C)N(C)C=O. The van der Waals surface area contributed by atoms with Crippen molar-refractivity contribution in [3.63, 3.8) is 0 Å². The molecule has 12 heavy (non-hydrogen) atoms. The van der Waals surface area contributed by atoms with E-state index in [1.807, 2.05) is 14.0 Å². The highest BCUT2D eigenvalue weighted by Gasteiger charge is 2.11. The van der Waals surface area contributed by atoms with E-state index in [0.717, 1.165) is 13.0 Å². The van der Waals surface area contributed by atoms with Crippen molar-refractivity contribution in [2.75, 3.05) is 20.6 Å². The molecule has 0 spiro atoms. The smallest absolute Gasteiger partial charge is 0.209 e. The van der Waals surface area contributed by atoms with Gasteiger partial charge in [0.15, 0.2) is 0 Å². The molecule has 1 amide bonds. The lowest BCUT2D eigenvalue weighted by Gasteiger charge is -2.28. The highest BCUT2D eigenvalue weighted by Crippen LogP contribution is 1.99. The van der Waals surface area contributed by atoms with E-state index in [-0.39, 0.29) is 6.04 Å². The predicted octanol–water partition coefficient (Wildman–Crippen LogP) is 0.803. The Balaban J connectivity index is 3.82. The summed E-state index contributed by atoms with van der Waals surface area (Å²) in [5, 5.41) is 0. The number of hydrogen-bond acceptors (Lipinski definition) is 2. The van der Waals surface area contributed by atoms with E-state index in [9.17, 15) is 4.79 Å². The van der Waals surface area contributed by atoms with Crippen molar-refractivity contribution in [3.8, 4) is 0 Å². The fourth-order valence-corrected chi connectivity index (χ4v) is 0.860. The van der Waals surface area contributed by atoms with Crippen LogP contribution in [0.5, 0.6) is 0 Å². The molecule has 0 aromatic carbocycles. The third-order valence-electron chi connectivity index (χ3n) is 2.30. The van der Waals surface area contributed by atoms with Gasteiger partial charge in [0.05, 0.1) is 0 Å². The first-order valence-electron chi connectivity index (χ1n) is 4.36. The molecule has 0 aromatic rings. The molecule has 0 aliphatic heterocycles. The van der Waals surface area contributed by atoms with Gasteiger partial charge in [0.1, 0.15) is 0 Å². The van der Waals surface area contributed by atoms with Crippen molar-refractivity contribution >= 4 is 6.41 Å². The van der Waals surface area contributed by atoms with Crippen LogP contribution in [0.15, 0.2) is 0 Å². The first-order valence-corrected chi connectivity index (χ1v) is 4.36. The second kappa shape index (κ2) is 5.14. The van der Waals surface area contributed by atoms with Gasteiger partial charge >= 0.3 is 0 Å². The first-order chi connectivity index (χ1) is 5.49. The molecule has 3 heteroatoms. The molecular weight excluding hydrogens is 152 g/mol. The molecule has 0 aromatic heterocycles. The summed E-state index contributed by atoms with van der Waals surface area (Å²) in [6.45, 7) is 7.27. The van der Waals surface area contributed by atoms with E-state index in [2.05, 4.69) is 25.8 Å². The Morgan fingerprint density at radius 3 is 2.08 bits per heavy atom. The van der Waals surface area contributed by atoms with E-state index in [1.165, 1.54) is 0 Å². The van der Waals surface area contributed by atoms with E-state index in [1.54, 1.807) is 4.90 Å². The average molecular weight is 172 g/mol. The number of likely N-dealkylation sites (N-methyl/N-ethyl adjacent to an activating group) is 2. The summed E-state index contributed by atoms with van der Waals surface area (Å²) in [7, 11) is 3.88. The van der Waals surface area contributed by atoms with Gasteiger partial charge in [0.2, 0.25) is 6.41 Å². The fraction of sp³-hybridized carbons (Fsp3) is 0.889. The summed E-state index contributed by atoms with van der Waals surface area (Å²) in [6.07, 6.45) is 0.874. The summed E-state index contributed by atoms with van der Waals surface area (Å²) in [6, 6.07) is 0.822. The summed E-state index contributed by atoms with van der Waals surface area (Å²) in [4.78, 5) is 14.3.